The van der Waals surface area contributed by atoms with Crippen molar-refractivity contribution in [2.45, 2.75) is 54.5 Å². The molecule has 0 aromatic heterocycles. The van der Waals surface area contributed by atoms with Crippen LogP contribution in [-0.2, 0) is 31.9 Å². The van der Waals surface area contributed by atoms with Crippen LogP contribution in [0, 0.1) is 0 Å². The van der Waals surface area contributed by atoms with Gasteiger partial charge >= 0.3 is 40.5 Å². The van der Waals surface area contributed by atoms with Crippen LogP contribution >= 0.6 is 23.5 Å². The maximum atomic E-state index is 10.7. The number of hydrogen-bond acceptors (Lipinski definition) is 5. The molecule has 350 valence electrons. The van der Waals surface area contributed by atoms with Crippen LogP contribution in [0.5, 0.6) is 0 Å². The molecule has 18 heteroatoms. The van der Waals surface area contributed by atoms with E-state index in [1.165, 1.54) is 49.0 Å². The van der Waals surface area contributed by atoms with Crippen molar-refractivity contribution < 1.29 is 46.9 Å². The molecule has 0 unspecified atom stereocenters. The first kappa shape index (κ1) is 53.0. The third kappa shape index (κ3) is 19.6. The Balaban J connectivity index is 0.000000193. The number of rotatable bonds is 10. The van der Waals surface area contributed by atoms with Gasteiger partial charge in [-0.05, 0) is 121 Å². The monoisotopic (exact) mass is 1080 g/mol. The molecule has 0 saturated carbocycles. The minimum atomic E-state index is -11.1. The van der Waals surface area contributed by atoms with Gasteiger partial charge in [0.15, 0.2) is 39.5 Å². The molecule has 8 rings (SSSR count). The molecule has 67 heavy (non-hydrogen) atoms. The Morgan fingerprint density at radius 1 is 0.343 bits per heavy atom. The Kier molecular flexibility index (Phi) is 18.1. The fraction of sp³-hybridized carbons (Fsp3) is 0.0204. The van der Waals surface area contributed by atoms with E-state index in [0.29, 0.717) is 0 Å². The van der Waals surface area contributed by atoms with E-state index in [1.54, 1.807) is 23.5 Å². The maximum absolute atomic E-state index is 11.1. The SMILES string of the molecule is F[As-](F)(F)(F)(F)F.O=S(=O)([O-])C(F)(F)F.c1ccc(Sc2ccc([S+](c3ccccc3)c3ccccc3)cc2)cc1.c1ccc(Sc2ccc([S+](c3ccccc3)c3ccccc3)cc2)cc1. The fourth-order valence-corrected chi connectivity index (χ4v) is 11.4. The summed E-state index contributed by atoms with van der Waals surface area (Å²) in [5.74, 6) is 0. The second kappa shape index (κ2) is 22.9. The molecule has 8 aromatic carbocycles. The number of alkyl halides is 3. The fourth-order valence-electron chi connectivity index (χ4n) is 5.58. The average molecular weight is 1080 g/mol. The van der Waals surface area contributed by atoms with Crippen LogP contribution in [-0.4, -0.2) is 32.7 Å². The summed E-state index contributed by atoms with van der Waals surface area (Å²) in [5, 5.41) is 0. The van der Waals surface area contributed by atoms with Crippen LogP contribution in [0.3, 0.4) is 0 Å². The first-order valence-corrected chi connectivity index (χ1v) is 29.2. The summed E-state index contributed by atoms with van der Waals surface area (Å²) in [6, 6.07) is 82.2. The summed E-state index contributed by atoms with van der Waals surface area (Å²) in [5.41, 5.74) is -5.65. The minimum absolute atomic E-state index is 0.0786. The largest absolute Gasteiger partial charge is 0.741 e. The third-order valence-electron chi connectivity index (χ3n) is 8.28. The molecule has 0 aliphatic rings. The van der Waals surface area contributed by atoms with Gasteiger partial charge in [-0.1, -0.05) is 133 Å². The van der Waals surface area contributed by atoms with E-state index in [2.05, 4.69) is 231 Å². The topological polar surface area (TPSA) is 57.2 Å². The minimum Gasteiger partial charge on any atom is -0.741 e. The zero-order valence-electron chi connectivity index (χ0n) is 34.6. The Labute approximate surface area is 398 Å². The summed E-state index contributed by atoms with van der Waals surface area (Å²) in [7, 11) is -6.25. The first-order chi connectivity index (χ1) is 31.5. The van der Waals surface area contributed by atoms with Gasteiger partial charge in [0.05, 0.1) is 21.8 Å². The van der Waals surface area contributed by atoms with Crippen LogP contribution in [0.1, 0.15) is 0 Å². The first-order valence-electron chi connectivity index (χ1n) is 19.4. The summed E-state index contributed by atoms with van der Waals surface area (Å²) in [4.78, 5) is 13.2. The summed E-state index contributed by atoms with van der Waals surface area (Å²) in [6.45, 7) is 0. The van der Waals surface area contributed by atoms with Gasteiger partial charge in [0.25, 0.3) is 0 Å². The molecule has 0 N–H and O–H groups in total. The molecule has 0 heterocycles. The van der Waals surface area contributed by atoms with Gasteiger partial charge < -0.3 is 4.55 Å². The molecule has 0 saturated heterocycles. The van der Waals surface area contributed by atoms with Crippen LogP contribution in [0.25, 0.3) is 0 Å². The molecule has 0 amide bonds. The molecule has 0 atom stereocenters. The zero-order chi connectivity index (χ0) is 48.6. The average Bonchev–Trinajstić information content (AvgIpc) is 3.29. The van der Waals surface area contributed by atoms with Crippen LogP contribution in [0.15, 0.2) is 279 Å². The van der Waals surface area contributed by atoms with E-state index < -0.39 is 29.8 Å². The molecule has 0 aliphatic carbocycles. The molecular formula is C49H38AsF9O3S5. The van der Waals surface area contributed by atoms with Crippen molar-refractivity contribution in [3.63, 3.8) is 0 Å². The molecule has 3 nitrogen and oxygen atoms in total. The number of benzene rings is 8. The summed E-state index contributed by atoms with van der Waals surface area (Å²) >= 11 is -7.46. The predicted octanol–water partition coefficient (Wildman–Crippen LogP) is 16.1. The van der Waals surface area contributed by atoms with Crippen molar-refractivity contribution in [2.75, 3.05) is 0 Å². The van der Waals surface area contributed by atoms with Gasteiger partial charge in [-0.15, -0.1) is 0 Å². The van der Waals surface area contributed by atoms with E-state index in [1.807, 2.05) is 0 Å². The van der Waals surface area contributed by atoms with Crippen molar-refractivity contribution >= 4 is 69.6 Å². The second-order valence-electron chi connectivity index (χ2n) is 13.5. The van der Waals surface area contributed by atoms with Crippen LogP contribution in [0.2, 0.25) is 0 Å². The van der Waals surface area contributed by atoms with Crippen molar-refractivity contribution in [1.82, 2.24) is 0 Å². The van der Waals surface area contributed by atoms with Gasteiger partial charge in [-0.2, -0.15) is 13.2 Å². The van der Waals surface area contributed by atoms with E-state index in [9.17, 15) is 34.0 Å². The van der Waals surface area contributed by atoms with Gasteiger partial charge in [0.2, 0.25) is 0 Å². The molecule has 0 radical (unpaired) electrons. The van der Waals surface area contributed by atoms with Crippen molar-refractivity contribution in [1.29, 1.82) is 0 Å². The molecule has 0 aliphatic heterocycles. The number of hydrogen-bond donors (Lipinski definition) is 0. The Morgan fingerprint density at radius 2 is 0.507 bits per heavy atom. The molecular weight excluding hydrogens is 1040 g/mol. The normalized spacial score (nSPS) is 12.5. The standard InChI is InChI=1S/2C24H19S2.CHF3O3S.AsF6/c2*1-4-10-20(11-5-1)25-21-16-18-24(19-17-21)26(22-12-6-2-7-13-22)23-14-8-3-9-15-23;2-1(3,4)8(5,6)7;2-1(3,4,5,6)7/h2*1-19H;(H,5,6,7);/q2*+1;;-1/p-1. The summed E-state index contributed by atoms with van der Waals surface area (Å²) in [6.07, 6.45) is 0. The van der Waals surface area contributed by atoms with Crippen molar-refractivity contribution in [2.24, 2.45) is 0 Å². The second-order valence-corrected chi connectivity index (χ2v) is 25.2. The van der Waals surface area contributed by atoms with E-state index in [0.717, 1.165) is 0 Å². The van der Waals surface area contributed by atoms with Gasteiger partial charge in [-0.3, -0.25) is 0 Å². The maximum Gasteiger partial charge on any atom is 0.485 e. The molecule has 0 bridgehead atoms. The van der Waals surface area contributed by atoms with Crippen LogP contribution in [0.4, 0.5) is 34.0 Å². The number of halogens is 9. The molecule has 0 fully saturated rings. The molecule has 0 spiro atoms. The van der Waals surface area contributed by atoms with Gasteiger partial charge in [-0.25, -0.2) is 8.42 Å². The third-order valence-corrected chi connectivity index (χ3v) is 15.3. The van der Waals surface area contributed by atoms with Crippen LogP contribution < -0.4 is 0 Å². The Hall–Kier alpha value is -5.00. The van der Waals surface area contributed by atoms with Gasteiger partial charge in [0.1, 0.15) is 0 Å². The van der Waals surface area contributed by atoms with E-state index >= 15 is 0 Å². The summed E-state index contributed by atoms with van der Waals surface area (Å²) < 4.78 is 118. The van der Waals surface area contributed by atoms with Crippen molar-refractivity contribution in [3.05, 3.63) is 231 Å². The van der Waals surface area contributed by atoms with E-state index in [4.69, 9.17) is 13.0 Å². The smallest absolute Gasteiger partial charge is 0.485 e. The quantitative estimate of drug-likeness (QED) is 0.0449. The zero-order valence-corrected chi connectivity index (χ0v) is 40.5. The van der Waals surface area contributed by atoms with Gasteiger partial charge in [0, 0.05) is 19.6 Å². The Bertz CT molecular complexity index is 2570. The van der Waals surface area contributed by atoms with E-state index in [-0.39, 0.29) is 21.8 Å². The molecule has 8 aromatic rings. The van der Waals surface area contributed by atoms with Crippen molar-refractivity contribution in [3.8, 4) is 0 Å². The Morgan fingerprint density at radius 3 is 0.701 bits per heavy atom. The predicted molar refractivity (Wildman–Crippen MR) is 252 cm³/mol.